The molecule has 0 bridgehead atoms. The van der Waals surface area contributed by atoms with Gasteiger partial charge in [0.2, 0.25) is 5.91 Å². The molecule has 0 aliphatic heterocycles. The van der Waals surface area contributed by atoms with Crippen LogP contribution in [-0.2, 0) is 14.3 Å². The zero-order valence-electron chi connectivity index (χ0n) is 17.0. The van der Waals surface area contributed by atoms with E-state index in [1.807, 2.05) is 38.1 Å². The number of nitriles is 1. The molecule has 0 atom stereocenters. The molecule has 0 saturated carbocycles. The second kappa shape index (κ2) is 10.5. The highest BCUT2D eigenvalue weighted by Gasteiger charge is 2.19. The van der Waals surface area contributed by atoms with E-state index in [1.165, 1.54) is 29.2 Å². The Bertz CT molecular complexity index is 959. The Balaban J connectivity index is 2.23. The van der Waals surface area contributed by atoms with E-state index in [4.69, 9.17) is 4.74 Å². The second-order valence-corrected chi connectivity index (χ2v) is 7.29. The number of aryl methyl sites for hydroxylation is 2. The van der Waals surface area contributed by atoms with Crippen LogP contribution in [0.1, 0.15) is 30.2 Å². The minimum atomic E-state index is -0.462. The van der Waals surface area contributed by atoms with Gasteiger partial charge in [0, 0.05) is 32.6 Å². The summed E-state index contributed by atoms with van der Waals surface area (Å²) in [5, 5.41) is 14.2. The highest BCUT2D eigenvalue weighted by Crippen LogP contribution is 2.30. The SMILES string of the molecule is COCCCNC(=O)/C(C#N)=C/c1csc(N(C(C)=O)c2ccc(C)c(C)c2)n1. The number of nitrogens with one attached hydrogen (secondary N) is 1. The number of hydrogen-bond acceptors (Lipinski definition) is 6. The van der Waals surface area contributed by atoms with Gasteiger partial charge in [-0.2, -0.15) is 5.26 Å². The van der Waals surface area contributed by atoms with Crippen molar-refractivity contribution in [2.45, 2.75) is 27.2 Å². The van der Waals surface area contributed by atoms with Crippen molar-refractivity contribution in [3.8, 4) is 6.07 Å². The molecular weight excluding hydrogens is 388 g/mol. The highest BCUT2D eigenvalue weighted by molar-refractivity contribution is 7.14. The molecule has 0 spiro atoms. The van der Waals surface area contributed by atoms with E-state index in [-0.39, 0.29) is 11.5 Å². The number of hydrogen-bond donors (Lipinski definition) is 1. The van der Waals surface area contributed by atoms with Crippen molar-refractivity contribution in [1.29, 1.82) is 5.26 Å². The monoisotopic (exact) mass is 412 g/mol. The quantitative estimate of drug-likeness (QED) is 0.407. The largest absolute Gasteiger partial charge is 0.385 e. The third-order valence-corrected chi connectivity index (χ3v) is 5.08. The Kier molecular flexibility index (Phi) is 8.07. The van der Waals surface area contributed by atoms with E-state index >= 15 is 0 Å². The fraction of sp³-hybridized carbons (Fsp3) is 0.333. The first-order valence-corrected chi connectivity index (χ1v) is 9.97. The van der Waals surface area contributed by atoms with Crippen LogP contribution in [0, 0.1) is 25.2 Å². The van der Waals surface area contributed by atoms with E-state index < -0.39 is 5.91 Å². The number of benzene rings is 1. The van der Waals surface area contributed by atoms with E-state index in [0.717, 1.165) is 16.8 Å². The molecular formula is C21H24N4O3S. The Morgan fingerprint density at radius 2 is 2.10 bits per heavy atom. The number of ether oxygens (including phenoxy) is 1. The third kappa shape index (κ3) is 5.98. The van der Waals surface area contributed by atoms with Crippen molar-refractivity contribution < 1.29 is 14.3 Å². The lowest BCUT2D eigenvalue weighted by atomic mass is 10.1. The van der Waals surface area contributed by atoms with E-state index in [9.17, 15) is 14.9 Å². The van der Waals surface area contributed by atoms with Gasteiger partial charge in [-0.15, -0.1) is 11.3 Å². The molecule has 0 saturated heterocycles. The van der Waals surface area contributed by atoms with Crippen LogP contribution in [0.4, 0.5) is 10.8 Å². The molecule has 152 valence electrons. The van der Waals surface area contributed by atoms with Crippen LogP contribution in [0.2, 0.25) is 0 Å². The minimum Gasteiger partial charge on any atom is -0.385 e. The van der Waals surface area contributed by atoms with Crippen molar-refractivity contribution in [2.75, 3.05) is 25.2 Å². The van der Waals surface area contributed by atoms with Gasteiger partial charge in [-0.1, -0.05) is 6.07 Å². The molecule has 1 heterocycles. The van der Waals surface area contributed by atoms with Crippen LogP contribution in [0.15, 0.2) is 29.2 Å². The molecule has 7 nitrogen and oxygen atoms in total. The zero-order chi connectivity index (χ0) is 21.4. The molecule has 0 radical (unpaired) electrons. The molecule has 8 heteroatoms. The molecule has 29 heavy (non-hydrogen) atoms. The van der Waals surface area contributed by atoms with Crippen molar-refractivity contribution >= 4 is 40.0 Å². The molecule has 0 fully saturated rings. The smallest absolute Gasteiger partial charge is 0.262 e. The number of anilines is 2. The van der Waals surface area contributed by atoms with Crippen LogP contribution in [0.25, 0.3) is 6.08 Å². The van der Waals surface area contributed by atoms with Crippen molar-refractivity contribution in [1.82, 2.24) is 10.3 Å². The van der Waals surface area contributed by atoms with Crippen molar-refractivity contribution in [3.05, 3.63) is 46.0 Å². The number of rotatable bonds is 8. The Hall–Kier alpha value is -3.02. The van der Waals surface area contributed by atoms with Gasteiger partial charge >= 0.3 is 0 Å². The topological polar surface area (TPSA) is 95.3 Å². The fourth-order valence-electron chi connectivity index (χ4n) is 2.55. The van der Waals surface area contributed by atoms with Gasteiger partial charge in [-0.3, -0.25) is 14.5 Å². The minimum absolute atomic E-state index is 0.0418. The van der Waals surface area contributed by atoms with Crippen LogP contribution >= 0.6 is 11.3 Å². The molecule has 1 N–H and O–H groups in total. The number of carbonyl (C=O) groups is 2. The van der Waals surface area contributed by atoms with Gasteiger partial charge in [0.15, 0.2) is 5.13 Å². The summed E-state index contributed by atoms with van der Waals surface area (Å²) in [4.78, 5) is 30.4. The first-order chi connectivity index (χ1) is 13.9. The lowest BCUT2D eigenvalue weighted by molar-refractivity contribution is -0.117. The predicted molar refractivity (Wildman–Crippen MR) is 114 cm³/mol. The Morgan fingerprint density at radius 1 is 1.34 bits per heavy atom. The first kappa shape index (κ1) is 22.3. The van der Waals surface area contributed by atoms with Gasteiger partial charge in [-0.05, 0) is 49.6 Å². The van der Waals surface area contributed by atoms with Gasteiger partial charge in [0.05, 0.1) is 11.4 Å². The maximum absolute atomic E-state index is 12.3. The molecule has 1 aromatic heterocycles. The number of carbonyl (C=O) groups excluding carboxylic acids is 2. The summed E-state index contributed by atoms with van der Waals surface area (Å²) in [6, 6.07) is 7.66. The van der Waals surface area contributed by atoms with Crippen molar-refractivity contribution in [2.24, 2.45) is 0 Å². The number of methoxy groups -OCH3 is 1. The lowest BCUT2D eigenvalue weighted by Crippen LogP contribution is -2.26. The van der Waals surface area contributed by atoms with E-state index in [0.29, 0.717) is 30.4 Å². The van der Waals surface area contributed by atoms with E-state index in [1.54, 1.807) is 12.5 Å². The summed E-state index contributed by atoms with van der Waals surface area (Å²) in [6.07, 6.45) is 2.08. The summed E-state index contributed by atoms with van der Waals surface area (Å²) >= 11 is 1.27. The molecule has 1 aromatic carbocycles. The first-order valence-electron chi connectivity index (χ1n) is 9.09. The second-order valence-electron chi connectivity index (χ2n) is 6.45. The maximum Gasteiger partial charge on any atom is 0.262 e. The summed E-state index contributed by atoms with van der Waals surface area (Å²) in [7, 11) is 1.59. The third-order valence-electron chi connectivity index (χ3n) is 4.23. The average Bonchev–Trinajstić information content (AvgIpc) is 3.13. The molecule has 2 rings (SSSR count). The van der Waals surface area contributed by atoms with Crippen LogP contribution < -0.4 is 10.2 Å². The average molecular weight is 413 g/mol. The summed E-state index contributed by atoms with van der Waals surface area (Å²) in [5.74, 6) is -0.634. The number of nitrogens with zero attached hydrogens (tertiary/aromatic N) is 3. The highest BCUT2D eigenvalue weighted by atomic mass is 32.1. The maximum atomic E-state index is 12.3. The number of aromatic nitrogens is 1. The summed E-state index contributed by atoms with van der Waals surface area (Å²) < 4.78 is 4.93. The van der Waals surface area contributed by atoms with Gasteiger partial charge < -0.3 is 10.1 Å². The van der Waals surface area contributed by atoms with Gasteiger partial charge in [0.1, 0.15) is 11.6 Å². The van der Waals surface area contributed by atoms with Gasteiger partial charge in [0.25, 0.3) is 5.91 Å². The normalized spacial score (nSPS) is 11.1. The molecule has 0 unspecified atom stereocenters. The number of amides is 2. The predicted octanol–water partition coefficient (Wildman–Crippen LogP) is 3.50. The summed E-state index contributed by atoms with van der Waals surface area (Å²) in [6.45, 7) is 6.41. The number of thiazole rings is 1. The van der Waals surface area contributed by atoms with Crippen LogP contribution in [0.5, 0.6) is 0 Å². The van der Waals surface area contributed by atoms with E-state index in [2.05, 4.69) is 10.3 Å². The Labute approximate surface area is 174 Å². The van der Waals surface area contributed by atoms with Crippen molar-refractivity contribution in [3.63, 3.8) is 0 Å². The lowest BCUT2D eigenvalue weighted by Gasteiger charge is -2.19. The summed E-state index contributed by atoms with van der Waals surface area (Å²) in [5.41, 5.74) is 3.34. The van der Waals surface area contributed by atoms with Crippen LogP contribution in [-0.4, -0.2) is 37.1 Å². The van der Waals surface area contributed by atoms with Gasteiger partial charge in [-0.25, -0.2) is 4.98 Å². The molecule has 0 aliphatic carbocycles. The fourth-order valence-corrected chi connectivity index (χ4v) is 3.39. The van der Waals surface area contributed by atoms with Crippen LogP contribution in [0.3, 0.4) is 0 Å². The molecule has 2 amide bonds. The molecule has 0 aliphatic rings. The molecule has 2 aromatic rings. The zero-order valence-corrected chi connectivity index (χ0v) is 17.8. The standard InChI is InChI=1S/C21H24N4O3S/c1-14-6-7-19(10-15(14)2)25(16(3)26)21-24-18(13-29-21)11-17(12-22)20(27)23-8-5-9-28-4/h6-7,10-11,13H,5,8-9H2,1-4H3,(H,23,27)/b17-11+. The Morgan fingerprint density at radius 3 is 2.72 bits per heavy atom.